The first-order valence-corrected chi connectivity index (χ1v) is 9.68. The Kier molecular flexibility index (Phi) is 5.71. The lowest BCUT2D eigenvalue weighted by molar-refractivity contribution is -0.0994. The number of rotatable bonds is 5. The molecule has 0 radical (unpaired) electrons. The summed E-state index contributed by atoms with van der Waals surface area (Å²) in [5, 5.41) is 0.644. The number of aromatic nitrogens is 2. The topological polar surface area (TPSA) is 65.8 Å². The molecule has 1 atom stereocenters. The van der Waals surface area contributed by atoms with E-state index in [4.69, 9.17) is 14.2 Å². The van der Waals surface area contributed by atoms with Crippen LogP contribution >= 0.6 is 0 Å². The summed E-state index contributed by atoms with van der Waals surface area (Å²) in [6, 6.07) is 5.41. The second kappa shape index (κ2) is 8.37. The Hall–Kier alpha value is -1.96. The normalized spacial score (nSPS) is 22.2. The Labute approximate surface area is 158 Å². The molecule has 2 aliphatic heterocycles. The predicted octanol–water partition coefficient (Wildman–Crippen LogP) is 1.53. The smallest absolute Gasteiger partial charge is 0.261 e. The number of benzene rings is 1. The van der Waals surface area contributed by atoms with E-state index in [1.165, 1.54) is 0 Å². The van der Waals surface area contributed by atoms with E-state index in [-0.39, 0.29) is 11.7 Å². The molecule has 1 unspecified atom stereocenters. The SMILES string of the molecule is COc1ccc2c(=O)n(CC3CCN(CC4COCCO4)CC3)cnc2c1. The van der Waals surface area contributed by atoms with Crippen molar-refractivity contribution in [3.8, 4) is 5.75 Å². The van der Waals surface area contributed by atoms with Crippen molar-refractivity contribution in [3.05, 3.63) is 34.9 Å². The number of fused-ring (bicyclic) bond motifs is 1. The molecule has 7 nitrogen and oxygen atoms in total. The number of likely N-dealkylation sites (tertiary alicyclic amines) is 1. The zero-order valence-electron chi connectivity index (χ0n) is 15.8. The van der Waals surface area contributed by atoms with E-state index in [0.29, 0.717) is 42.4 Å². The van der Waals surface area contributed by atoms with Crippen molar-refractivity contribution in [2.75, 3.05) is 46.6 Å². The van der Waals surface area contributed by atoms with Crippen molar-refractivity contribution in [1.29, 1.82) is 0 Å². The van der Waals surface area contributed by atoms with Crippen LogP contribution in [0, 0.1) is 5.92 Å². The quantitative estimate of drug-likeness (QED) is 0.792. The highest BCUT2D eigenvalue weighted by molar-refractivity contribution is 5.78. The van der Waals surface area contributed by atoms with E-state index >= 15 is 0 Å². The van der Waals surface area contributed by atoms with Gasteiger partial charge in [-0.25, -0.2) is 4.98 Å². The molecular formula is C20H27N3O4. The van der Waals surface area contributed by atoms with E-state index in [1.54, 1.807) is 30.1 Å². The van der Waals surface area contributed by atoms with Crippen LogP contribution in [0.15, 0.2) is 29.3 Å². The average molecular weight is 373 g/mol. The molecule has 3 heterocycles. The maximum absolute atomic E-state index is 12.8. The summed E-state index contributed by atoms with van der Waals surface area (Å²) in [5.74, 6) is 1.21. The Balaban J connectivity index is 1.36. The molecule has 0 aliphatic carbocycles. The second-order valence-electron chi connectivity index (χ2n) is 7.40. The first kappa shape index (κ1) is 18.4. The third-order valence-corrected chi connectivity index (χ3v) is 5.54. The van der Waals surface area contributed by atoms with Crippen molar-refractivity contribution in [2.45, 2.75) is 25.5 Å². The van der Waals surface area contributed by atoms with Gasteiger partial charge in [-0.3, -0.25) is 9.36 Å². The third-order valence-electron chi connectivity index (χ3n) is 5.54. The predicted molar refractivity (Wildman–Crippen MR) is 102 cm³/mol. The van der Waals surface area contributed by atoms with Crippen LogP contribution in [0.25, 0.3) is 10.9 Å². The summed E-state index contributed by atoms with van der Waals surface area (Å²) in [5.41, 5.74) is 0.706. The minimum atomic E-state index is 0.0258. The number of methoxy groups -OCH3 is 1. The lowest BCUT2D eigenvalue weighted by Gasteiger charge is -2.35. The molecule has 1 aromatic heterocycles. The molecule has 0 spiro atoms. The van der Waals surface area contributed by atoms with Crippen molar-refractivity contribution >= 4 is 10.9 Å². The Morgan fingerprint density at radius 1 is 1.22 bits per heavy atom. The van der Waals surface area contributed by atoms with Gasteiger partial charge in [-0.05, 0) is 44.0 Å². The van der Waals surface area contributed by atoms with Crippen LogP contribution in [0.4, 0.5) is 0 Å². The summed E-state index contributed by atoms with van der Waals surface area (Å²) in [4.78, 5) is 19.7. The maximum Gasteiger partial charge on any atom is 0.261 e. The van der Waals surface area contributed by atoms with Crippen molar-refractivity contribution in [3.63, 3.8) is 0 Å². The Morgan fingerprint density at radius 3 is 2.81 bits per heavy atom. The monoisotopic (exact) mass is 373 g/mol. The number of hydrogen-bond acceptors (Lipinski definition) is 6. The minimum absolute atomic E-state index is 0.0258. The number of piperidine rings is 1. The maximum atomic E-state index is 12.8. The van der Waals surface area contributed by atoms with E-state index in [2.05, 4.69) is 9.88 Å². The second-order valence-corrected chi connectivity index (χ2v) is 7.40. The summed E-state index contributed by atoms with van der Waals surface area (Å²) < 4.78 is 18.2. The third kappa shape index (κ3) is 4.31. The van der Waals surface area contributed by atoms with E-state index < -0.39 is 0 Å². The number of ether oxygens (including phenoxy) is 3. The largest absolute Gasteiger partial charge is 0.497 e. The van der Waals surface area contributed by atoms with Crippen molar-refractivity contribution in [1.82, 2.24) is 14.5 Å². The lowest BCUT2D eigenvalue weighted by Crippen LogP contribution is -2.44. The van der Waals surface area contributed by atoms with E-state index in [1.807, 2.05) is 6.07 Å². The molecule has 4 rings (SSSR count). The number of hydrogen-bond donors (Lipinski definition) is 0. The van der Waals surface area contributed by atoms with Crippen molar-refractivity contribution in [2.24, 2.45) is 5.92 Å². The highest BCUT2D eigenvalue weighted by Crippen LogP contribution is 2.20. The fourth-order valence-electron chi connectivity index (χ4n) is 3.95. The highest BCUT2D eigenvalue weighted by atomic mass is 16.6. The van der Waals surface area contributed by atoms with Gasteiger partial charge in [0.05, 0.1) is 50.3 Å². The molecular weight excluding hydrogens is 346 g/mol. The van der Waals surface area contributed by atoms with Gasteiger partial charge in [0.15, 0.2) is 0 Å². The van der Waals surface area contributed by atoms with Crippen LogP contribution in [0.5, 0.6) is 5.75 Å². The number of nitrogens with zero attached hydrogens (tertiary/aromatic N) is 3. The molecule has 0 bridgehead atoms. The van der Waals surface area contributed by atoms with Crippen LogP contribution in [-0.4, -0.2) is 67.1 Å². The molecule has 1 aromatic carbocycles. The zero-order chi connectivity index (χ0) is 18.6. The van der Waals surface area contributed by atoms with Gasteiger partial charge < -0.3 is 19.1 Å². The standard InChI is InChI=1S/C20H27N3O4/c1-25-16-2-3-18-19(10-16)21-14-23(20(18)24)11-15-4-6-22(7-5-15)12-17-13-26-8-9-27-17/h2-3,10,14-15,17H,4-9,11-13H2,1H3. The van der Waals surface area contributed by atoms with Gasteiger partial charge in [0, 0.05) is 19.2 Å². The Bertz CT molecular complexity index is 824. The molecule has 0 saturated carbocycles. The Morgan fingerprint density at radius 2 is 2.07 bits per heavy atom. The van der Waals surface area contributed by atoms with Crippen LogP contribution in [0.2, 0.25) is 0 Å². The molecule has 0 amide bonds. The molecule has 2 aliphatic rings. The van der Waals surface area contributed by atoms with Crippen LogP contribution < -0.4 is 10.3 Å². The van der Waals surface area contributed by atoms with Gasteiger partial charge in [0.25, 0.3) is 5.56 Å². The summed E-state index contributed by atoms with van der Waals surface area (Å²) >= 11 is 0. The summed E-state index contributed by atoms with van der Waals surface area (Å²) in [6.07, 6.45) is 4.03. The van der Waals surface area contributed by atoms with Gasteiger partial charge in [-0.1, -0.05) is 0 Å². The highest BCUT2D eigenvalue weighted by Gasteiger charge is 2.24. The molecule has 2 aromatic rings. The average Bonchev–Trinajstić information content (AvgIpc) is 2.72. The molecule has 2 saturated heterocycles. The minimum Gasteiger partial charge on any atom is -0.497 e. The van der Waals surface area contributed by atoms with Gasteiger partial charge in [0.1, 0.15) is 5.75 Å². The molecule has 2 fully saturated rings. The fourth-order valence-corrected chi connectivity index (χ4v) is 3.95. The lowest BCUT2D eigenvalue weighted by atomic mass is 9.96. The van der Waals surface area contributed by atoms with Crippen LogP contribution in [0.1, 0.15) is 12.8 Å². The van der Waals surface area contributed by atoms with E-state index in [9.17, 15) is 4.79 Å². The summed E-state index contributed by atoms with van der Waals surface area (Å²) in [7, 11) is 1.61. The first-order valence-electron chi connectivity index (χ1n) is 9.68. The van der Waals surface area contributed by atoms with Gasteiger partial charge in [0.2, 0.25) is 0 Å². The van der Waals surface area contributed by atoms with Gasteiger partial charge in [-0.2, -0.15) is 0 Å². The fraction of sp³-hybridized carbons (Fsp3) is 0.600. The molecule has 27 heavy (non-hydrogen) atoms. The van der Waals surface area contributed by atoms with Crippen molar-refractivity contribution < 1.29 is 14.2 Å². The van der Waals surface area contributed by atoms with Crippen LogP contribution in [-0.2, 0) is 16.0 Å². The summed E-state index contributed by atoms with van der Waals surface area (Å²) in [6.45, 7) is 5.85. The van der Waals surface area contributed by atoms with Gasteiger partial charge in [-0.15, -0.1) is 0 Å². The van der Waals surface area contributed by atoms with Gasteiger partial charge >= 0.3 is 0 Å². The van der Waals surface area contributed by atoms with E-state index in [0.717, 1.165) is 39.0 Å². The molecule has 0 N–H and O–H groups in total. The molecule has 146 valence electrons. The molecule has 7 heteroatoms. The first-order chi connectivity index (χ1) is 13.2. The van der Waals surface area contributed by atoms with Crippen LogP contribution in [0.3, 0.4) is 0 Å². The zero-order valence-corrected chi connectivity index (χ0v) is 15.8.